The first-order chi connectivity index (χ1) is 13.0. The van der Waals surface area contributed by atoms with Crippen molar-refractivity contribution in [2.75, 3.05) is 18.1 Å². The molecular formula is C21H24FNO3S. The van der Waals surface area contributed by atoms with Gasteiger partial charge in [0.25, 0.3) is 0 Å². The molecule has 1 saturated heterocycles. The van der Waals surface area contributed by atoms with Gasteiger partial charge in [0.05, 0.1) is 17.7 Å². The van der Waals surface area contributed by atoms with Crippen LogP contribution in [0.25, 0.3) is 0 Å². The van der Waals surface area contributed by atoms with Gasteiger partial charge >= 0.3 is 0 Å². The van der Waals surface area contributed by atoms with Gasteiger partial charge in [0.15, 0.2) is 5.79 Å². The third-order valence-corrected chi connectivity index (χ3v) is 6.49. The maximum Gasteiger partial charge on any atom is 0.224 e. The van der Waals surface area contributed by atoms with E-state index >= 15 is 0 Å². The first-order valence-corrected chi connectivity index (χ1v) is 10.2. The van der Waals surface area contributed by atoms with E-state index in [0.717, 1.165) is 24.3 Å². The van der Waals surface area contributed by atoms with E-state index in [4.69, 9.17) is 9.47 Å². The zero-order chi connectivity index (χ0) is 19.0. The van der Waals surface area contributed by atoms with Crippen LogP contribution in [0.2, 0.25) is 0 Å². The molecule has 1 fully saturated rings. The molecule has 2 aromatic rings. The Morgan fingerprint density at radius 1 is 1.41 bits per heavy atom. The van der Waals surface area contributed by atoms with Crippen molar-refractivity contribution in [1.82, 2.24) is 0 Å². The van der Waals surface area contributed by atoms with Crippen LogP contribution in [0, 0.1) is 5.82 Å². The molecule has 1 spiro atoms. The summed E-state index contributed by atoms with van der Waals surface area (Å²) >= 11 is 1.62. The molecule has 4 rings (SSSR count). The first-order valence-electron chi connectivity index (χ1n) is 9.41. The first kappa shape index (κ1) is 18.6. The number of hydrogen-bond acceptors (Lipinski definition) is 4. The van der Waals surface area contributed by atoms with E-state index in [1.165, 1.54) is 16.5 Å². The number of anilines is 1. The molecule has 144 valence electrons. The number of carbonyl (C=O) groups excluding carboxylic acids is 1. The molecule has 0 saturated carbocycles. The van der Waals surface area contributed by atoms with E-state index in [1.54, 1.807) is 35.3 Å². The normalized spacial score (nSPS) is 24.2. The molecule has 1 amide bonds. The molecule has 2 unspecified atom stereocenters. The molecule has 2 heterocycles. The van der Waals surface area contributed by atoms with Gasteiger partial charge in [0.1, 0.15) is 5.82 Å². The van der Waals surface area contributed by atoms with E-state index in [0.29, 0.717) is 25.1 Å². The minimum atomic E-state index is -0.497. The van der Waals surface area contributed by atoms with Gasteiger partial charge in [-0.25, -0.2) is 4.39 Å². The lowest BCUT2D eigenvalue weighted by Crippen LogP contribution is -2.36. The average molecular weight is 389 g/mol. The van der Waals surface area contributed by atoms with Crippen LogP contribution in [0.4, 0.5) is 9.39 Å². The van der Waals surface area contributed by atoms with Crippen molar-refractivity contribution >= 4 is 22.2 Å². The molecule has 2 aliphatic rings. The monoisotopic (exact) mass is 389 g/mol. The highest BCUT2D eigenvalue weighted by atomic mass is 32.1. The number of aryl methyl sites for hydroxylation is 1. The van der Waals surface area contributed by atoms with Crippen molar-refractivity contribution in [3.05, 3.63) is 52.2 Å². The second-order valence-corrected chi connectivity index (χ2v) is 8.49. The van der Waals surface area contributed by atoms with Crippen molar-refractivity contribution in [1.29, 1.82) is 0 Å². The Morgan fingerprint density at radius 2 is 2.22 bits per heavy atom. The number of hydrogen-bond donors (Lipinski definition) is 0. The maximum atomic E-state index is 13.9. The number of nitrogens with zero attached hydrogens (tertiary/aromatic N) is 1. The minimum absolute atomic E-state index is 0.0263. The summed E-state index contributed by atoms with van der Waals surface area (Å²) in [5, 5.41) is 0.923. The van der Waals surface area contributed by atoms with Gasteiger partial charge in [0, 0.05) is 31.2 Å². The lowest BCUT2D eigenvalue weighted by molar-refractivity contribution is -0.172. The fourth-order valence-corrected chi connectivity index (χ4v) is 5.25. The summed E-state index contributed by atoms with van der Waals surface area (Å²) in [6.07, 6.45) is 3.08. The Balaban J connectivity index is 1.51. The number of thiophene rings is 1. The van der Waals surface area contributed by atoms with Gasteiger partial charge in [-0.3, -0.25) is 4.79 Å². The second-order valence-electron chi connectivity index (χ2n) is 7.37. The summed E-state index contributed by atoms with van der Waals surface area (Å²) in [6, 6.07) is 8.83. The number of halogens is 1. The van der Waals surface area contributed by atoms with Crippen molar-refractivity contribution in [2.45, 2.75) is 51.4 Å². The average Bonchev–Trinajstić information content (AvgIpc) is 3.20. The van der Waals surface area contributed by atoms with Crippen molar-refractivity contribution in [3.63, 3.8) is 0 Å². The van der Waals surface area contributed by atoms with Crippen LogP contribution in [0.5, 0.6) is 0 Å². The molecule has 1 aliphatic carbocycles. The highest BCUT2D eigenvalue weighted by molar-refractivity contribution is 7.16. The molecule has 0 bridgehead atoms. The Hall–Kier alpha value is -1.76. The molecule has 0 radical (unpaired) electrons. The van der Waals surface area contributed by atoms with E-state index in [1.807, 2.05) is 13.0 Å². The SMILES string of the molecule is CC(=O)N(CCc1ccccc1F)c1cc2c(s1)CC1(CC2)OCC(C)O1. The number of fused-ring (bicyclic) bond motifs is 1. The second kappa shape index (κ2) is 7.34. The van der Waals surface area contributed by atoms with Crippen LogP contribution in [0.1, 0.15) is 36.3 Å². The Kier molecular flexibility index (Phi) is 5.05. The molecule has 1 aromatic carbocycles. The van der Waals surface area contributed by atoms with Crippen LogP contribution >= 0.6 is 11.3 Å². The summed E-state index contributed by atoms with van der Waals surface area (Å²) in [5.41, 5.74) is 1.90. The van der Waals surface area contributed by atoms with E-state index < -0.39 is 5.79 Å². The molecule has 1 aromatic heterocycles. The zero-order valence-electron chi connectivity index (χ0n) is 15.7. The van der Waals surface area contributed by atoms with Gasteiger partial charge in [-0.1, -0.05) is 18.2 Å². The molecule has 1 aliphatic heterocycles. The summed E-state index contributed by atoms with van der Waals surface area (Å²) in [5.74, 6) is -0.748. The molecule has 6 heteroatoms. The molecule has 27 heavy (non-hydrogen) atoms. The van der Waals surface area contributed by atoms with Crippen molar-refractivity contribution in [2.24, 2.45) is 0 Å². The fourth-order valence-electron chi connectivity index (χ4n) is 3.89. The molecule has 2 atom stereocenters. The molecule has 4 nitrogen and oxygen atoms in total. The number of rotatable bonds is 4. The summed E-state index contributed by atoms with van der Waals surface area (Å²) in [4.78, 5) is 15.2. The van der Waals surface area contributed by atoms with Gasteiger partial charge in [-0.15, -0.1) is 11.3 Å². The largest absolute Gasteiger partial charge is 0.347 e. The molecule has 0 N–H and O–H groups in total. The van der Waals surface area contributed by atoms with Gasteiger partial charge in [-0.05, 0) is 43.0 Å². The Bertz CT molecular complexity index is 852. The van der Waals surface area contributed by atoms with Crippen molar-refractivity contribution in [3.8, 4) is 0 Å². The topological polar surface area (TPSA) is 38.8 Å². The van der Waals surface area contributed by atoms with Crippen molar-refractivity contribution < 1.29 is 18.7 Å². The maximum absolute atomic E-state index is 13.9. The number of amides is 1. The van der Waals surface area contributed by atoms with E-state index in [-0.39, 0.29) is 17.8 Å². The minimum Gasteiger partial charge on any atom is -0.347 e. The smallest absolute Gasteiger partial charge is 0.224 e. The highest BCUT2D eigenvalue weighted by Crippen LogP contribution is 2.42. The standard InChI is InChI=1S/C21H24FNO3S/c1-14-13-25-21(26-14)9-7-17-11-20(27-19(17)12-21)23(15(2)24)10-8-16-5-3-4-6-18(16)22/h3-6,11,14H,7-10,12-13H2,1-2H3. The summed E-state index contributed by atoms with van der Waals surface area (Å²) < 4.78 is 25.9. The summed E-state index contributed by atoms with van der Waals surface area (Å²) in [6.45, 7) is 4.69. The van der Waals surface area contributed by atoms with E-state index in [9.17, 15) is 9.18 Å². The zero-order valence-corrected chi connectivity index (χ0v) is 16.5. The van der Waals surface area contributed by atoms with Crippen LogP contribution in [0.3, 0.4) is 0 Å². The predicted molar refractivity (Wildman–Crippen MR) is 104 cm³/mol. The lowest BCUT2D eigenvalue weighted by atomic mass is 9.93. The molecular weight excluding hydrogens is 365 g/mol. The number of benzene rings is 1. The lowest BCUT2D eigenvalue weighted by Gasteiger charge is -2.31. The highest BCUT2D eigenvalue weighted by Gasteiger charge is 2.43. The van der Waals surface area contributed by atoms with Gasteiger partial charge in [0.2, 0.25) is 5.91 Å². The fraction of sp³-hybridized carbons (Fsp3) is 0.476. The third-order valence-electron chi connectivity index (χ3n) is 5.29. The van der Waals surface area contributed by atoms with Gasteiger partial charge < -0.3 is 14.4 Å². The Morgan fingerprint density at radius 3 is 2.93 bits per heavy atom. The number of carbonyl (C=O) groups is 1. The van der Waals surface area contributed by atoms with Crippen LogP contribution in [-0.4, -0.2) is 30.9 Å². The third kappa shape index (κ3) is 3.79. The number of ether oxygens (including phenoxy) is 2. The Labute approximate surface area is 162 Å². The summed E-state index contributed by atoms with van der Waals surface area (Å²) in [7, 11) is 0. The van der Waals surface area contributed by atoms with Crippen LogP contribution in [0.15, 0.2) is 30.3 Å². The van der Waals surface area contributed by atoms with Crippen LogP contribution < -0.4 is 4.90 Å². The quantitative estimate of drug-likeness (QED) is 0.790. The predicted octanol–water partition coefficient (Wildman–Crippen LogP) is 4.10. The van der Waals surface area contributed by atoms with E-state index in [2.05, 4.69) is 6.07 Å². The van der Waals surface area contributed by atoms with Crippen LogP contribution in [-0.2, 0) is 33.5 Å². The van der Waals surface area contributed by atoms with Gasteiger partial charge in [-0.2, -0.15) is 0 Å².